The average molecular weight is 491 g/mol. The number of aliphatic hydroxyl groups is 1. The fourth-order valence-corrected chi connectivity index (χ4v) is 4.95. The van der Waals surface area contributed by atoms with Gasteiger partial charge in [-0.2, -0.15) is 5.10 Å². The largest absolute Gasteiger partial charge is 0.393 e. The summed E-state index contributed by atoms with van der Waals surface area (Å²) in [7, 11) is 0. The van der Waals surface area contributed by atoms with Crippen molar-refractivity contribution in [1.82, 2.24) is 10.3 Å². The number of hydrogen-bond acceptors (Lipinski definition) is 6. The normalized spacial score (nSPS) is 14.8. The van der Waals surface area contributed by atoms with Gasteiger partial charge in [0.25, 0.3) is 11.8 Å². The van der Waals surface area contributed by atoms with E-state index in [1.165, 1.54) is 11.3 Å². The molecule has 0 bridgehead atoms. The zero-order valence-corrected chi connectivity index (χ0v) is 20.8. The number of carbonyl (C=O) groups is 2. The minimum atomic E-state index is -0.372. The molecule has 2 aromatic carbocycles. The van der Waals surface area contributed by atoms with Gasteiger partial charge >= 0.3 is 0 Å². The molecule has 1 saturated heterocycles. The number of thiophene rings is 1. The lowest BCUT2D eigenvalue weighted by molar-refractivity contribution is 0.0792. The van der Waals surface area contributed by atoms with Crippen LogP contribution in [0.2, 0.25) is 0 Å². The Morgan fingerprint density at radius 2 is 1.86 bits per heavy atom. The summed E-state index contributed by atoms with van der Waals surface area (Å²) in [6, 6.07) is 15.3. The SMILES string of the molecule is Cc1ccc(C=NNC(=O)c2c(C)csc2NC(=O)c2cccc(CN3CCC(O)CC3)c2)cc1. The zero-order chi connectivity index (χ0) is 24.8. The number of aliphatic hydroxyl groups excluding tert-OH is 1. The molecule has 2 heterocycles. The molecule has 35 heavy (non-hydrogen) atoms. The van der Waals surface area contributed by atoms with E-state index >= 15 is 0 Å². The fourth-order valence-electron chi connectivity index (χ4n) is 4.01. The van der Waals surface area contributed by atoms with Crippen LogP contribution in [0.4, 0.5) is 5.00 Å². The fraction of sp³-hybridized carbons (Fsp3) is 0.296. The molecule has 7 nitrogen and oxygen atoms in total. The van der Waals surface area contributed by atoms with Gasteiger partial charge in [0, 0.05) is 25.2 Å². The molecule has 0 radical (unpaired) electrons. The van der Waals surface area contributed by atoms with Gasteiger partial charge in [-0.05, 0) is 60.9 Å². The third kappa shape index (κ3) is 6.63. The number of carbonyl (C=O) groups excluding carboxylic acids is 2. The number of hydrazone groups is 1. The summed E-state index contributed by atoms with van der Waals surface area (Å²) >= 11 is 1.32. The molecule has 3 N–H and O–H groups in total. The van der Waals surface area contributed by atoms with E-state index in [9.17, 15) is 14.7 Å². The van der Waals surface area contributed by atoms with E-state index < -0.39 is 0 Å². The van der Waals surface area contributed by atoms with Crippen molar-refractivity contribution < 1.29 is 14.7 Å². The van der Waals surface area contributed by atoms with Crippen molar-refractivity contribution in [2.45, 2.75) is 39.3 Å². The predicted octanol–water partition coefficient (Wildman–Crippen LogP) is 4.34. The van der Waals surface area contributed by atoms with Gasteiger partial charge in [-0.15, -0.1) is 11.3 Å². The minimum Gasteiger partial charge on any atom is -0.393 e. The maximum atomic E-state index is 13.0. The molecule has 0 atom stereocenters. The minimum absolute atomic E-state index is 0.211. The molecule has 8 heteroatoms. The Labute approximate surface area is 209 Å². The quantitative estimate of drug-likeness (QED) is 0.339. The van der Waals surface area contributed by atoms with E-state index in [1.54, 1.807) is 12.3 Å². The highest BCUT2D eigenvalue weighted by atomic mass is 32.1. The van der Waals surface area contributed by atoms with E-state index in [1.807, 2.05) is 61.7 Å². The van der Waals surface area contributed by atoms with Gasteiger partial charge in [0.2, 0.25) is 0 Å². The number of nitrogens with zero attached hydrogens (tertiary/aromatic N) is 2. The number of rotatable bonds is 7. The van der Waals surface area contributed by atoms with E-state index in [0.717, 1.165) is 54.7 Å². The number of piperidine rings is 1. The van der Waals surface area contributed by atoms with Crippen molar-refractivity contribution in [2.24, 2.45) is 5.10 Å². The van der Waals surface area contributed by atoms with Crippen molar-refractivity contribution in [1.29, 1.82) is 0 Å². The summed E-state index contributed by atoms with van der Waals surface area (Å²) in [6.45, 7) is 6.27. The molecule has 1 aliphatic rings. The first kappa shape index (κ1) is 24.8. The lowest BCUT2D eigenvalue weighted by atomic mass is 10.1. The van der Waals surface area contributed by atoms with E-state index in [-0.39, 0.29) is 17.9 Å². The summed E-state index contributed by atoms with van der Waals surface area (Å²) in [6.07, 6.45) is 2.93. The van der Waals surface area contributed by atoms with E-state index in [2.05, 4.69) is 20.7 Å². The molecular weight excluding hydrogens is 460 g/mol. The van der Waals surface area contributed by atoms with Gasteiger partial charge in [-0.3, -0.25) is 14.5 Å². The first-order valence-electron chi connectivity index (χ1n) is 11.7. The summed E-state index contributed by atoms with van der Waals surface area (Å²) in [5.41, 5.74) is 7.35. The van der Waals surface area contributed by atoms with Crippen molar-refractivity contribution in [3.63, 3.8) is 0 Å². The summed E-state index contributed by atoms with van der Waals surface area (Å²) in [5.74, 6) is -0.636. The number of aryl methyl sites for hydroxylation is 2. The Bertz CT molecular complexity index is 1210. The maximum absolute atomic E-state index is 13.0. The third-order valence-electron chi connectivity index (χ3n) is 6.04. The first-order chi connectivity index (χ1) is 16.9. The van der Waals surface area contributed by atoms with Gasteiger partial charge < -0.3 is 10.4 Å². The molecule has 0 aliphatic carbocycles. The number of amides is 2. The van der Waals surface area contributed by atoms with Crippen LogP contribution in [-0.4, -0.2) is 47.2 Å². The molecule has 0 spiro atoms. The Morgan fingerprint density at radius 3 is 2.60 bits per heavy atom. The Balaban J connectivity index is 1.40. The molecule has 4 rings (SSSR count). The Hall–Kier alpha value is -3.33. The topological polar surface area (TPSA) is 94.0 Å². The monoisotopic (exact) mass is 490 g/mol. The maximum Gasteiger partial charge on any atom is 0.274 e. The van der Waals surface area contributed by atoms with Crippen LogP contribution in [0.3, 0.4) is 0 Å². The van der Waals surface area contributed by atoms with Gasteiger partial charge in [-0.1, -0.05) is 42.0 Å². The van der Waals surface area contributed by atoms with Gasteiger partial charge in [-0.25, -0.2) is 5.43 Å². The average Bonchev–Trinajstić information content (AvgIpc) is 3.21. The van der Waals surface area contributed by atoms with Crippen molar-refractivity contribution in [2.75, 3.05) is 18.4 Å². The van der Waals surface area contributed by atoms with Crippen LogP contribution in [0.15, 0.2) is 59.0 Å². The third-order valence-corrected chi connectivity index (χ3v) is 7.05. The van der Waals surface area contributed by atoms with Crippen LogP contribution in [0.1, 0.15) is 55.8 Å². The molecule has 2 amide bonds. The predicted molar refractivity (Wildman–Crippen MR) is 140 cm³/mol. The highest BCUT2D eigenvalue weighted by Crippen LogP contribution is 2.28. The van der Waals surface area contributed by atoms with Gasteiger partial charge in [0.15, 0.2) is 0 Å². The summed E-state index contributed by atoms with van der Waals surface area (Å²) in [5, 5.41) is 19.0. The second kappa shape index (κ2) is 11.4. The number of likely N-dealkylation sites (tertiary alicyclic amines) is 1. The molecule has 0 unspecified atom stereocenters. The van der Waals surface area contributed by atoms with Crippen LogP contribution in [0, 0.1) is 13.8 Å². The van der Waals surface area contributed by atoms with Crippen LogP contribution in [0.5, 0.6) is 0 Å². The molecule has 3 aromatic rings. The molecule has 1 aromatic heterocycles. The summed E-state index contributed by atoms with van der Waals surface area (Å²) in [4.78, 5) is 28.1. The van der Waals surface area contributed by atoms with Crippen LogP contribution >= 0.6 is 11.3 Å². The highest BCUT2D eigenvalue weighted by molar-refractivity contribution is 7.15. The number of anilines is 1. The van der Waals surface area contributed by atoms with Crippen molar-refractivity contribution in [3.8, 4) is 0 Å². The summed E-state index contributed by atoms with van der Waals surface area (Å²) < 4.78 is 0. The number of nitrogens with one attached hydrogen (secondary N) is 2. The second-order valence-corrected chi connectivity index (χ2v) is 9.77. The molecule has 182 valence electrons. The number of benzene rings is 2. The van der Waals surface area contributed by atoms with Crippen molar-refractivity contribution >= 4 is 34.4 Å². The van der Waals surface area contributed by atoms with Crippen LogP contribution < -0.4 is 10.7 Å². The lowest BCUT2D eigenvalue weighted by Crippen LogP contribution is -2.35. The van der Waals surface area contributed by atoms with E-state index in [4.69, 9.17) is 0 Å². The highest BCUT2D eigenvalue weighted by Gasteiger charge is 2.20. The van der Waals surface area contributed by atoms with E-state index in [0.29, 0.717) is 16.1 Å². The smallest absolute Gasteiger partial charge is 0.274 e. The zero-order valence-electron chi connectivity index (χ0n) is 20.0. The molecule has 1 aliphatic heterocycles. The number of hydrogen-bond donors (Lipinski definition) is 3. The van der Waals surface area contributed by atoms with Crippen LogP contribution in [0.25, 0.3) is 0 Å². The second-order valence-electron chi connectivity index (χ2n) is 8.89. The first-order valence-corrected chi connectivity index (χ1v) is 12.6. The van der Waals surface area contributed by atoms with Gasteiger partial charge in [0.05, 0.1) is 17.9 Å². The van der Waals surface area contributed by atoms with Gasteiger partial charge in [0.1, 0.15) is 5.00 Å². The lowest BCUT2D eigenvalue weighted by Gasteiger charge is -2.29. The van der Waals surface area contributed by atoms with Crippen LogP contribution in [-0.2, 0) is 6.54 Å². The standard InChI is InChI=1S/C27H30N4O3S/c1-18-6-8-20(9-7-18)15-28-30-26(34)24-19(2)17-35-27(24)29-25(33)22-5-3-4-21(14-22)16-31-12-10-23(32)11-13-31/h3-9,14-15,17,23,32H,10-13,16H2,1-2H3,(H,29,33)(H,30,34). The molecular formula is C27H30N4O3S. The Morgan fingerprint density at radius 1 is 1.11 bits per heavy atom. The molecule has 1 fully saturated rings. The Kier molecular flexibility index (Phi) is 8.07. The van der Waals surface area contributed by atoms with Crippen molar-refractivity contribution in [3.05, 3.63) is 87.3 Å². The molecule has 0 saturated carbocycles.